The molecule has 1 aromatic carbocycles. The Hall–Kier alpha value is -2.73. The molecule has 25 heavy (non-hydrogen) atoms. The zero-order valence-corrected chi connectivity index (χ0v) is 15.1. The van der Waals surface area contributed by atoms with Crippen LogP contribution in [0.2, 0.25) is 0 Å². The summed E-state index contributed by atoms with van der Waals surface area (Å²) in [5.74, 6) is -0.498. The van der Waals surface area contributed by atoms with Crippen LogP contribution in [0.5, 0.6) is 0 Å². The van der Waals surface area contributed by atoms with Crippen molar-refractivity contribution in [3.63, 3.8) is 0 Å². The Labute approximate surface area is 152 Å². The van der Waals surface area contributed by atoms with Gasteiger partial charge in [0, 0.05) is 22.3 Å². The summed E-state index contributed by atoms with van der Waals surface area (Å²) in [5, 5.41) is 0. The van der Waals surface area contributed by atoms with Crippen LogP contribution in [0, 0.1) is 6.92 Å². The van der Waals surface area contributed by atoms with Crippen LogP contribution in [0.15, 0.2) is 63.9 Å². The van der Waals surface area contributed by atoms with E-state index in [1.165, 1.54) is 16.5 Å². The van der Waals surface area contributed by atoms with Gasteiger partial charge in [-0.25, -0.2) is 9.78 Å². The molecule has 0 unspecified atom stereocenters. The van der Waals surface area contributed by atoms with Crippen LogP contribution in [0.25, 0.3) is 11.7 Å². The molecule has 0 atom stereocenters. The Bertz CT molecular complexity index is 1020. The van der Waals surface area contributed by atoms with Crippen molar-refractivity contribution in [2.75, 3.05) is 0 Å². The van der Waals surface area contributed by atoms with Gasteiger partial charge in [0.15, 0.2) is 0 Å². The lowest BCUT2D eigenvalue weighted by Crippen LogP contribution is -2.18. The van der Waals surface area contributed by atoms with Crippen LogP contribution in [0.3, 0.4) is 0 Å². The van der Waals surface area contributed by atoms with Gasteiger partial charge < -0.3 is 4.74 Å². The second-order valence-electron chi connectivity index (χ2n) is 5.41. The molecule has 2 heterocycles. The van der Waals surface area contributed by atoms with Crippen LogP contribution < -0.4 is 5.56 Å². The second-order valence-corrected chi connectivity index (χ2v) is 6.26. The number of ether oxygens (including phenoxy) is 1. The summed E-state index contributed by atoms with van der Waals surface area (Å²) >= 11 is 3.41. The largest absolute Gasteiger partial charge is 0.456 e. The standard InChI is InChI=1S/C19H15BrN2O3/c1-13-5-4-8-17-21-15(11-18(23)22(13)17)12-25-19(24)10-9-14-6-2-3-7-16(14)20/h2-11H,12H2,1H3/b10-9+. The molecular weight excluding hydrogens is 384 g/mol. The maximum atomic E-state index is 12.2. The molecule has 0 radical (unpaired) electrons. The van der Waals surface area contributed by atoms with Gasteiger partial charge in [0.05, 0.1) is 5.69 Å². The molecule has 0 aliphatic rings. The number of hydrogen-bond donors (Lipinski definition) is 0. The summed E-state index contributed by atoms with van der Waals surface area (Å²) in [5.41, 5.74) is 2.42. The molecule has 0 saturated carbocycles. The molecule has 3 aromatic rings. The molecule has 0 spiro atoms. The van der Waals surface area contributed by atoms with Crippen LogP contribution in [-0.4, -0.2) is 15.4 Å². The van der Waals surface area contributed by atoms with E-state index in [1.807, 2.05) is 43.3 Å². The maximum Gasteiger partial charge on any atom is 0.331 e. The first-order chi connectivity index (χ1) is 12.0. The fraction of sp³-hybridized carbons (Fsp3) is 0.105. The van der Waals surface area contributed by atoms with E-state index >= 15 is 0 Å². The second kappa shape index (κ2) is 7.44. The smallest absolute Gasteiger partial charge is 0.331 e. The third-order valence-electron chi connectivity index (χ3n) is 3.60. The van der Waals surface area contributed by atoms with Gasteiger partial charge in [-0.1, -0.05) is 40.2 Å². The van der Waals surface area contributed by atoms with E-state index in [-0.39, 0.29) is 12.2 Å². The van der Waals surface area contributed by atoms with Crippen molar-refractivity contribution < 1.29 is 9.53 Å². The van der Waals surface area contributed by atoms with E-state index in [4.69, 9.17) is 4.74 Å². The number of aromatic nitrogens is 2. The van der Waals surface area contributed by atoms with Gasteiger partial charge in [-0.2, -0.15) is 0 Å². The highest BCUT2D eigenvalue weighted by Gasteiger charge is 2.06. The Morgan fingerprint density at radius 3 is 2.84 bits per heavy atom. The first kappa shape index (κ1) is 17.1. The summed E-state index contributed by atoms with van der Waals surface area (Å²) < 4.78 is 7.57. The number of carbonyl (C=O) groups excluding carboxylic acids is 1. The van der Waals surface area contributed by atoms with Gasteiger partial charge in [-0.05, 0) is 36.8 Å². The average Bonchev–Trinajstić information content (AvgIpc) is 2.59. The highest BCUT2D eigenvalue weighted by molar-refractivity contribution is 9.10. The molecule has 0 N–H and O–H groups in total. The highest BCUT2D eigenvalue weighted by atomic mass is 79.9. The van der Waals surface area contributed by atoms with Crippen LogP contribution in [0.4, 0.5) is 0 Å². The number of halogens is 1. The summed E-state index contributed by atoms with van der Waals surface area (Å²) in [6.07, 6.45) is 3.01. The molecule has 5 nitrogen and oxygen atoms in total. The molecular formula is C19H15BrN2O3. The first-order valence-corrected chi connectivity index (χ1v) is 8.41. The lowest BCUT2D eigenvalue weighted by molar-refractivity contribution is -0.139. The van der Waals surface area contributed by atoms with Gasteiger partial charge in [-0.3, -0.25) is 9.20 Å². The number of fused-ring (bicyclic) bond motifs is 1. The Kier molecular flexibility index (Phi) is 5.09. The van der Waals surface area contributed by atoms with Crippen molar-refractivity contribution in [1.82, 2.24) is 9.38 Å². The molecule has 0 amide bonds. The molecule has 0 aliphatic carbocycles. The number of benzene rings is 1. The fourth-order valence-electron chi connectivity index (χ4n) is 2.40. The van der Waals surface area contributed by atoms with E-state index < -0.39 is 5.97 Å². The van der Waals surface area contributed by atoms with Crippen molar-refractivity contribution in [2.45, 2.75) is 13.5 Å². The van der Waals surface area contributed by atoms with Gasteiger partial charge in [-0.15, -0.1) is 0 Å². The zero-order valence-electron chi connectivity index (χ0n) is 13.5. The molecule has 0 aliphatic heterocycles. The van der Waals surface area contributed by atoms with Gasteiger partial charge >= 0.3 is 5.97 Å². The number of esters is 1. The van der Waals surface area contributed by atoms with E-state index in [9.17, 15) is 9.59 Å². The van der Waals surface area contributed by atoms with E-state index in [1.54, 1.807) is 12.1 Å². The summed E-state index contributed by atoms with van der Waals surface area (Å²) in [4.78, 5) is 28.4. The molecule has 0 fully saturated rings. The minimum atomic E-state index is -0.498. The molecule has 0 saturated heterocycles. The Morgan fingerprint density at radius 1 is 1.24 bits per heavy atom. The number of nitrogens with zero attached hydrogens (tertiary/aromatic N) is 2. The van der Waals surface area contributed by atoms with Crippen molar-refractivity contribution in [2.24, 2.45) is 0 Å². The van der Waals surface area contributed by atoms with Crippen molar-refractivity contribution in [3.8, 4) is 0 Å². The lowest BCUT2D eigenvalue weighted by Gasteiger charge is -2.06. The van der Waals surface area contributed by atoms with Crippen molar-refractivity contribution in [1.29, 1.82) is 0 Å². The zero-order chi connectivity index (χ0) is 17.8. The molecule has 3 rings (SSSR count). The third-order valence-corrected chi connectivity index (χ3v) is 4.32. The van der Waals surface area contributed by atoms with E-state index in [0.717, 1.165) is 15.7 Å². The predicted molar refractivity (Wildman–Crippen MR) is 99.2 cm³/mol. The molecule has 6 heteroatoms. The molecule has 0 bridgehead atoms. The normalized spacial score (nSPS) is 11.1. The Morgan fingerprint density at radius 2 is 2.04 bits per heavy atom. The summed E-state index contributed by atoms with van der Waals surface area (Å²) in [7, 11) is 0. The van der Waals surface area contributed by atoms with Gasteiger partial charge in [0.2, 0.25) is 0 Å². The van der Waals surface area contributed by atoms with Gasteiger partial charge in [0.1, 0.15) is 12.3 Å². The SMILES string of the molecule is Cc1cccc2nc(COC(=O)/C=C/c3ccccc3Br)cc(=O)n12. The van der Waals surface area contributed by atoms with Crippen molar-refractivity contribution >= 4 is 33.6 Å². The lowest BCUT2D eigenvalue weighted by atomic mass is 10.2. The summed E-state index contributed by atoms with van der Waals surface area (Å²) in [6.45, 7) is 1.78. The predicted octanol–water partition coefficient (Wildman–Crippen LogP) is 3.52. The van der Waals surface area contributed by atoms with Gasteiger partial charge in [0.25, 0.3) is 5.56 Å². The monoisotopic (exact) mass is 398 g/mol. The third kappa shape index (κ3) is 4.03. The number of aryl methyl sites for hydroxylation is 1. The average molecular weight is 399 g/mol. The molecule has 126 valence electrons. The maximum absolute atomic E-state index is 12.2. The summed E-state index contributed by atoms with van der Waals surface area (Å²) in [6, 6.07) is 14.3. The van der Waals surface area contributed by atoms with E-state index in [2.05, 4.69) is 20.9 Å². The van der Waals surface area contributed by atoms with E-state index in [0.29, 0.717) is 11.3 Å². The molecule has 2 aromatic heterocycles. The highest BCUT2D eigenvalue weighted by Crippen LogP contribution is 2.17. The minimum Gasteiger partial charge on any atom is -0.456 e. The number of rotatable bonds is 4. The first-order valence-electron chi connectivity index (χ1n) is 7.62. The minimum absolute atomic E-state index is 0.0567. The van der Waals surface area contributed by atoms with Crippen LogP contribution in [-0.2, 0) is 16.1 Å². The fourth-order valence-corrected chi connectivity index (χ4v) is 2.82. The van der Waals surface area contributed by atoms with Crippen LogP contribution in [0.1, 0.15) is 17.0 Å². The number of carbonyl (C=O) groups is 1. The van der Waals surface area contributed by atoms with Crippen molar-refractivity contribution in [3.05, 3.63) is 86.4 Å². The topological polar surface area (TPSA) is 60.7 Å². The number of pyridine rings is 1. The Balaban J connectivity index is 1.71. The quantitative estimate of drug-likeness (QED) is 0.498. The number of hydrogen-bond acceptors (Lipinski definition) is 4. The van der Waals surface area contributed by atoms with Crippen LogP contribution >= 0.6 is 15.9 Å².